The van der Waals surface area contributed by atoms with E-state index < -0.39 is 135 Å². The van der Waals surface area contributed by atoms with Crippen LogP contribution in [0, 0.1) is 447 Å². The molecule has 4 heterocycles. The maximum atomic E-state index is 11.2. The molecule has 18 nitrogen and oxygen atoms in total. The van der Waals surface area contributed by atoms with Crippen LogP contribution in [-0.2, 0) is 33.2 Å². The predicted octanol–water partition coefficient (Wildman–Crippen LogP) is -3.94. The second kappa shape index (κ2) is 46.8. The van der Waals surface area contributed by atoms with Crippen LogP contribution in [0.1, 0.15) is 47.0 Å². The Balaban J connectivity index is -0.000000562. The predicted molar refractivity (Wildman–Crippen MR) is 172 cm³/mol. The van der Waals surface area contributed by atoms with E-state index in [1.165, 1.54) is 25.6 Å². The zero-order chi connectivity index (χ0) is 36.9. The first-order chi connectivity index (χ1) is 23.8. The van der Waals surface area contributed by atoms with E-state index in [0.717, 1.165) is 19.3 Å². The molecule has 0 aliphatic carbocycles. The number of thioether (sulfide) groups is 1. The number of aliphatic hydroxyl groups is 10. The van der Waals surface area contributed by atoms with E-state index in [0.29, 0.717) is 12.3 Å². The molecule has 0 aromatic rings. The average molecular weight is 3020 g/mol. The van der Waals surface area contributed by atoms with Gasteiger partial charge < -0.3 is 89.5 Å². The summed E-state index contributed by atoms with van der Waals surface area (Å²) in [5.41, 5.74) is -0.620. The molecule has 11 N–H and O–H groups in total. The van der Waals surface area contributed by atoms with Gasteiger partial charge >= 0.3 is 0 Å². The van der Waals surface area contributed by atoms with Crippen LogP contribution in [-0.4, -0.2) is 193 Å². The third-order valence-corrected chi connectivity index (χ3v) is 11.0. The van der Waals surface area contributed by atoms with Gasteiger partial charge in [0.15, 0.2) is 25.2 Å². The fraction of sp³-hybridized carbons (Fsp3) is 1.00. The fourth-order valence-electron chi connectivity index (χ4n) is 6.45. The van der Waals surface area contributed by atoms with Crippen molar-refractivity contribution in [1.29, 1.82) is 0 Å². The molecule has 0 amide bonds. The minimum Gasteiger partial charge on any atom is -0.394 e. The third-order valence-electron chi connectivity index (χ3n) is 9.61. The molecule has 0 bridgehead atoms. The molecule has 20 atom stereocenters. The minimum absolute atomic E-state index is 0. The van der Waals surface area contributed by atoms with E-state index >= 15 is 0 Å². The van der Waals surface area contributed by atoms with E-state index in [2.05, 4.69) is 5.32 Å². The first-order valence-electron chi connectivity index (χ1n) is 17.4. The molecule has 0 saturated carbocycles. The summed E-state index contributed by atoms with van der Waals surface area (Å²) in [6.45, 7) is 6.13. The SMILES string of the molecule is CCCCN[C@H]1C(O[C@@H]2OC(C)[C@@H](O)C(O)[C@H]2O)[C@H](O[C@@H]2OC(CO)[C@H](O)[C@H](O)[C@H]2O[C@@H]2OC(O)[C@H](O)[C@H](O)C2C)C(CO)O[C@H]1SCCC.[Ac].[Ac].[Ac].[Ac].[Ac].[Ac].[Ac].[Ac].[Ac].[Ac]. The zero-order valence-electron chi connectivity index (χ0n) is 34.5. The van der Waals surface area contributed by atoms with Crippen molar-refractivity contribution in [2.45, 2.75) is 163 Å². The van der Waals surface area contributed by atoms with Crippen molar-refractivity contribution in [3.63, 3.8) is 0 Å². The number of ether oxygens (including phenoxy) is 7. The van der Waals surface area contributed by atoms with Crippen molar-refractivity contribution in [2.75, 3.05) is 25.5 Å². The molecule has 60 heavy (non-hydrogen) atoms. The molecule has 7 unspecified atom stereocenters. The summed E-state index contributed by atoms with van der Waals surface area (Å²) in [7, 11) is 0. The quantitative estimate of drug-likeness (QED) is 0.0699. The van der Waals surface area contributed by atoms with Crippen LogP contribution >= 0.6 is 11.8 Å². The largest absolute Gasteiger partial charge is 0.394 e. The van der Waals surface area contributed by atoms with Gasteiger partial charge in [-0.25, -0.2) is 0 Å². The average Bonchev–Trinajstić information content (AvgIpc) is 3.10. The van der Waals surface area contributed by atoms with Crippen LogP contribution < -0.4 is 5.32 Å². The van der Waals surface area contributed by atoms with Crippen LogP contribution in [0.2, 0.25) is 0 Å². The Labute approximate surface area is 716 Å². The van der Waals surface area contributed by atoms with Gasteiger partial charge in [0.25, 0.3) is 0 Å². The summed E-state index contributed by atoms with van der Waals surface area (Å²) in [6.07, 6.45) is -22.8. The van der Waals surface area contributed by atoms with Gasteiger partial charge in [-0.15, -0.1) is 11.8 Å². The van der Waals surface area contributed by atoms with Crippen molar-refractivity contribution in [3.05, 3.63) is 0 Å². The van der Waals surface area contributed by atoms with Crippen molar-refractivity contribution in [3.8, 4) is 0 Å². The summed E-state index contributed by atoms with van der Waals surface area (Å²) in [5.74, 6) is -0.279. The minimum atomic E-state index is -1.85. The van der Waals surface area contributed by atoms with Crippen LogP contribution in [0.3, 0.4) is 0 Å². The van der Waals surface area contributed by atoms with Crippen molar-refractivity contribution in [1.82, 2.24) is 5.32 Å². The zero-order valence-corrected chi connectivity index (χ0v) is 82.8. The Morgan fingerprint density at radius 3 is 1.60 bits per heavy atom. The van der Waals surface area contributed by atoms with Crippen molar-refractivity contribution >= 4 is 11.8 Å². The van der Waals surface area contributed by atoms with Gasteiger partial charge in [0.2, 0.25) is 0 Å². The number of hydrogen-bond acceptors (Lipinski definition) is 19. The molecular formula is C31H57Ac10NO17S. The van der Waals surface area contributed by atoms with Crippen LogP contribution in [0.4, 0.5) is 0 Å². The van der Waals surface area contributed by atoms with Crippen LogP contribution in [0.25, 0.3) is 0 Å². The van der Waals surface area contributed by atoms with Gasteiger partial charge in [-0.1, -0.05) is 27.2 Å². The molecule has 4 fully saturated rings. The number of nitrogens with one attached hydrogen (secondary N) is 1. The van der Waals surface area contributed by atoms with Crippen molar-refractivity contribution < 1.29 is 525 Å². The molecule has 10 radical (unpaired) electrons. The van der Waals surface area contributed by atoms with Gasteiger partial charge in [0.05, 0.1) is 31.5 Å². The number of aliphatic hydroxyl groups excluding tert-OH is 10. The molecule has 0 aromatic heterocycles. The van der Waals surface area contributed by atoms with Gasteiger partial charge in [-0.3, -0.25) is 0 Å². The van der Waals surface area contributed by atoms with E-state index in [9.17, 15) is 51.1 Å². The smallest absolute Gasteiger partial charge is 0.187 e. The van der Waals surface area contributed by atoms with E-state index in [-0.39, 0.29) is 441 Å². The Bertz CT molecular complexity index is 1050. The van der Waals surface area contributed by atoms with Gasteiger partial charge in [0.1, 0.15) is 72.6 Å². The summed E-state index contributed by atoms with van der Waals surface area (Å²) < 4.78 is 42.2. The molecule has 29 heteroatoms. The molecule has 4 saturated heterocycles. The summed E-state index contributed by atoms with van der Waals surface area (Å²) in [4.78, 5) is 0. The summed E-state index contributed by atoms with van der Waals surface area (Å²) in [5, 5.41) is 109. The molecule has 0 aromatic carbocycles. The van der Waals surface area contributed by atoms with E-state index in [4.69, 9.17) is 33.2 Å². The Hall–Kier alpha value is 14.0. The van der Waals surface area contributed by atoms with E-state index in [1.807, 2.05) is 13.8 Å². The second-order valence-electron chi connectivity index (χ2n) is 13.4. The summed E-state index contributed by atoms with van der Waals surface area (Å²) >= 11 is 1.46. The summed E-state index contributed by atoms with van der Waals surface area (Å²) in [6, 6.07) is -0.693. The maximum Gasteiger partial charge on any atom is 0.187 e. The normalized spacial score (nSPS) is 40.7. The molecule has 4 aliphatic heterocycles. The Morgan fingerprint density at radius 1 is 0.517 bits per heavy atom. The van der Waals surface area contributed by atoms with Gasteiger partial charge in [-0.2, -0.15) is 0 Å². The molecule has 0 spiro atoms. The first kappa shape index (κ1) is 87.9. The van der Waals surface area contributed by atoms with Gasteiger partial charge in [-0.05, 0) is 32.1 Å². The van der Waals surface area contributed by atoms with Gasteiger partial charge in [0, 0.05) is 447 Å². The Morgan fingerprint density at radius 2 is 1.07 bits per heavy atom. The monoisotopic (exact) mass is 3020 g/mol. The molecule has 324 valence electrons. The molecule has 4 aliphatic rings. The number of hydrogen-bond donors (Lipinski definition) is 11. The Kier molecular flexibility index (Phi) is 68.5. The standard InChI is InChI=1S/C31H57NO17S.10Ac/c1-5-7-8-32-16-25(47-29-23(41)20(38)18(36)13(4)43-29)24(15(11-34)45-31(16)50-9-6-2)46-30-26(21(39)19(37)14(10-33)44-30)48-28-12(3)17(35)22(40)27(42)49-28;;;;;;;;;;/h12-42H,5-11H2,1-4H3;;;;;;;;;;/t12?,13?,14?,15?,16-,17+,18+,19-,20?,21-,22+,23+,24+,25?,26+,27?,28+,29-,30-,31-;;;;;;;;;;/m0........../s1. The number of rotatable bonds is 15. The topological polar surface area (TPSA) is 279 Å². The fourth-order valence-corrected chi connectivity index (χ4v) is 7.60. The van der Waals surface area contributed by atoms with Crippen LogP contribution in [0.5, 0.6) is 0 Å². The molecule has 4 rings (SSSR count). The third kappa shape index (κ3) is 25.7. The number of unbranched alkanes of at least 4 members (excludes halogenated alkanes) is 1. The molecular weight excluding hydrogens is 2960 g/mol. The first-order valence-corrected chi connectivity index (χ1v) is 18.4. The van der Waals surface area contributed by atoms with Crippen LogP contribution in [0.15, 0.2) is 0 Å². The maximum absolute atomic E-state index is 11.2. The van der Waals surface area contributed by atoms with Crippen molar-refractivity contribution in [2.24, 2.45) is 5.92 Å². The second-order valence-corrected chi connectivity index (χ2v) is 14.6. The van der Waals surface area contributed by atoms with E-state index in [1.54, 1.807) is 0 Å².